The molecule has 2 aliphatic carbocycles. The first-order valence-electron chi connectivity index (χ1n) is 12.2. The van der Waals surface area contributed by atoms with Gasteiger partial charge in [-0.1, -0.05) is 12.1 Å². The molecule has 2 aliphatic heterocycles. The molecular weight excluding hydrogens is 508 g/mol. The molecule has 13 heteroatoms. The largest absolute Gasteiger partial charge is 0.406 e. The molecule has 7 rings (SSSR count). The number of alkyl halides is 3. The Labute approximate surface area is 212 Å². The molecule has 1 unspecified atom stereocenters. The highest BCUT2D eigenvalue weighted by Crippen LogP contribution is 2.60. The highest BCUT2D eigenvalue weighted by atomic mass is 19.4. The number of amides is 4. The summed E-state index contributed by atoms with van der Waals surface area (Å²) in [6, 6.07) is 6.35. The third-order valence-corrected chi connectivity index (χ3v) is 8.04. The van der Waals surface area contributed by atoms with E-state index in [1.54, 1.807) is 18.2 Å². The van der Waals surface area contributed by atoms with Crippen molar-refractivity contribution < 1.29 is 31.9 Å². The van der Waals surface area contributed by atoms with Gasteiger partial charge in [0.05, 0.1) is 23.2 Å². The molecule has 3 atom stereocenters. The molecule has 196 valence electrons. The Morgan fingerprint density at radius 1 is 1.11 bits per heavy atom. The standard InChI is InChI=1S/C25H20F4N6O3/c26-19-9-30-20-14(7-17(33-35(19)20)15-8-31-23(38)32-21(15)36)13-6-12(13)11-1-2-16-18(5-11)34(10-25(27,28)29)22(37)24(16)3-4-24/h1-2,5,7,9,12-13,15H,3-4,6,8,10H2,(H2,31,32,36,38)/t12-,13+,15?/m1/s1. The molecule has 2 saturated carbocycles. The zero-order chi connectivity index (χ0) is 26.6. The molecule has 0 bridgehead atoms. The zero-order valence-corrected chi connectivity index (χ0v) is 19.7. The third kappa shape index (κ3) is 3.40. The van der Waals surface area contributed by atoms with E-state index in [4.69, 9.17) is 0 Å². The lowest BCUT2D eigenvalue weighted by molar-refractivity contribution is -0.132. The van der Waals surface area contributed by atoms with Crippen molar-refractivity contribution in [3.05, 3.63) is 58.8 Å². The Kier molecular flexibility index (Phi) is 4.57. The van der Waals surface area contributed by atoms with Gasteiger partial charge in [0, 0.05) is 17.8 Å². The van der Waals surface area contributed by atoms with E-state index in [1.807, 2.05) is 6.07 Å². The Morgan fingerprint density at radius 2 is 1.89 bits per heavy atom. The number of rotatable bonds is 4. The fourth-order valence-electron chi connectivity index (χ4n) is 5.94. The summed E-state index contributed by atoms with van der Waals surface area (Å²) in [7, 11) is 0. The van der Waals surface area contributed by atoms with Crippen molar-refractivity contribution in [1.82, 2.24) is 25.2 Å². The second-order valence-corrected chi connectivity index (χ2v) is 10.4. The smallest absolute Gasteiger partial charge is 0.337 e. The average Bonchev–Trinajstić information content (AvgIpc) is 3.77. The van der Waals surface area contributed by atoms with Crippen molar-refractivity contribution in [3.63, 3.8) is 0 Å². The van der Waals surface area contributed by atoms with E-state index in [0.717, 1.165) is 21.2 Å². The van der Waals surface area contributed by atoms with Crippen LogP contribution in [-0.4, -0.2) is 51.7 Å². The van der Waals surface area contributed by atoms with Gasteiger partial charge in [-0.15, -0.1) is 0 Å². The molecular formula is C25H20F4N6O3. The molecule has 2 aromatic heterocycles. The van der Waals surface area contributed by atoms with Crippen molar-refractivity contribution in [2.45, 2.75) is 48.6 Å². The van der Waals surface area contributed by atoms with Crippen LogP contribution in [0, 0.1) is 5.95 Å². The molecule has 4 amide bonds. The molecule has 1 saturated heterocycles. The fourth-order valence-corrected chi connectivity index (χ4v) is 5.94. The number of benzene rings is 1. The number of nitrogens with one attached hydrogen (secondary N) is 2. The number of halogens is 4. The summed E-state index contributed by atoms with van der Waals surface area (Å²) in [4.78, 5) is 41.8. The number of carbonyl (C=O) groups is 3. The van der Waals surface area contributed by atoms with E-state index in [2.05, 4.69) is 20.7 Å². The maximum atomic E-state index is 14.5. The van der Waals surface area contributed by atoms with Crippen LogP contribution in [0.5, 0.6) is 0 Å². The molecule has 3 aromatic rings. The van der Waals surface area contributed by atoms with E-state index < -0.39 is 47.8 Å². The zero-order valence-electron chi connectivity index (χ0n) is 19.7. The van der Waals surface area contributed by atoms with Gasteiger partial charge in [0.2, 0.25) is 17.8 Å². The second kappa shape index (κ2) is 7.51. The minimum Gasteiger partial charge on any atom is -0.337 e. The van der Waals surface area contributed by atoms with E-state index >= 15 is 0 Å². The maximum absolute atomic E-state index is 14.5. The summed E-state index contributed by atoms with van der Waals surface area (Å²) in [5.41, 5.74) is 2.08. The van der Waals surface area contributed by atoms with Gasteiger partial charge >= 0.3 is 12.2 Å². The maximum Gasteiger partial charge on any atom is 0.406 e. The van der Waals surface area contributed by atoms with Crippen molar-refractivity contribution in [2.75, 3.05) is 18.0 Å². The molecule has 3 fully saturated rings. The van der Waals surface area contributed by atoms with Crippen molar-refractivity contribution in [2.24, 2.45) is 0 Å². The number of imidazole rings is 1. The van der Waals surface area contributed by atoms with Crippen molar-refractivity contribution >= 4 is 29.2 Å². The minimum absolute atomic E-state index is 0.00264. The highest BCUT2D eigenvalue weighted by Gasteiger charge is 2.60. The lowest BCUT2D eigenvalue weighted by Crippen LogP contribution is -2.51. The van der Waals surface area contributed by atoms with Crippen LogP contribution in [0.4, 0.5) is 28.0 Å². The van der Waals surface area contributed by atoms with E-state index in [1.165, 1.54) is 0 Å². The number of fused-ring (bicyclic) bond motifs is 3. The van der Waals surface area contributed by atoms with Gasteiger partial charge in [0.15, 0.2) is 5.65 Å². The van der Waals surface area contributed by atoms with Crippen molar-refractivity contribution in [1.29, 1.82) is 0 Å². The summed E-state index contributed by atoms with van der Waals surface area (Å²) >= 11 is 0. The quantitative estimate of drug-likeness (QED) is 0.507. The Balaban J connectivity index is 1.24. The van der Waals surface area contributed by atoms with Crippen LogP contribution in [-0.2, 0) is 15.0 Å². The van der Waals surface area contributed by atoms with Gasteiger partial charge in [-0.3, -0.25) is 14.9 Å². The Hall–Kier alpha value is -4.03. The first-order valence-corrected chi connectivity index (χ1v) is 12.2. The van der Waals surface area contributed by atoms with Crippen LogP contribution < -0.4 is 15.5 Å². The number of aromatic nitrogens is 3. The van der Waals surface area contributed by atoms with Crippen LogP contribution in [0.25, 0.3) is 5.65 Å². The molecule has 1 spiro atoms. The van der Waals surface area contributed by atoms with Gasteiger partial charge in [0.1, 0.15) is 6.54 Å². The number of hydrogen-bond donors (Lipinski definition) is 2. The molecule has 0 radical (unpaired) electrons. The lowest BCUT2D eigenvalue weighted by Gasteiger charge is -2.22. The number of anilines is 1. The number of imide groups is 1. The third-order valence-electron chi connectivity index (χ3n) is 8.04. The lowest BCUT2D eigenvalue weighted by atomic mass is 9.95. The summed E-state index contributed by atoms with van der Waals surface area (Å²) in [5, 5.41) is 8.96. The first kappa shape index (κ1) is 23.1. The second-order valence-electron chi connectivity index (χ2n) is 10.4. The van der Waals surface area contributed by atoms with E-state index in [-0.39, 0.29) is 29.7 Å². The number of carbonyl (C=O) groups excluding carboxylic acids is 3. The normalized spacial score (nSPS) is 25.5. The minimum atomic E-state index is -4.53. The van der Waals surface area contributed by atoms with Crippen molar-refractivity contribution in [3.8, 4) is 0 Å². The topological polar surface area (TPSA) is 109 Å². The Bertz CT molecular complexity index is 1560. The summed E-state index contributed by atoms with van der Waals surface area (Å²) < 4.78 is 55.4. The summed E-state index contributed by atoms with van der Waals surface area (Å²) in [6.45, 7) is -1.33. The van der Waals surface area contributed by atoms with Gasteiger partial charge in [-0.25, -0.2) is 9.78 Å². The average molecular weight is 528 g/mol. The van der Waals surface area contributed by atoms with Crippen LogP contribution in [0.1, 0.15) is 59.4 Å². The molecule has 4 heterocycles. The number of nitrogens with zero attached hydrogens (tertiary/aromatic N) is 4. The first-order chi connectivity index (χ1) is 18.1. The van der Waals surface area contributed by atoms with Crippen LogP contribution in [0.15, 0.2) is 30.5 Å². The number of urea groups is 1. The van der Waals surface area contributed by atoms with Crippen LogP contribution >= 0.6 is 0 Å². The molecule has 4 aliphatic rings. The molecule has 2 N–H and O–H groups in total. The van der Waals surface area contributed by atoms with Crippen LogP contribution in [0.2, 0.25) is 0 Å². The highest BCUT2D eigenvalue weighted by molar-refractivity contribution is 6.10. The number of hydrogen-bond acceptors (Lipinski definition) is 5. The predicted octanol–water partition coefficient (Wildman–Crippen LogP) is 3.00. The predicted molar refractivity (Wildman–Crippen MR) is 123 cm³/mol. The fraction of sp³-hybridized carbons (Fsp3) is 0.400. The monoisotopic (exact) mass is 528 g/mol. The molecule has 1 aromatic carbocycles. The molecule has 38 heavy (non-hydrogen) atoms. The van der Waals surface area contributed by atoms with Gasteiger partial charge < -0.3 is 10.2 Å². The van der Waals surface area contributed by atoms with E-state index in [9.17, 15) is 31.9 Å². The Morgan fingerprint density at radius 3 is 2.61 bits per heavy atom. The summed E-state index contributed by atoms with van der Waals surface area (Å²) in [6.07, 6.45) is -1.80. The molecule has 9 nitrogen and oxygen atoms in total. The van der Waals surface area contributed by atoms with Gasteiger partial charge in [-0.2, -0.15) is 27.2 Å². The van der Waals surface area contributed by atoms with E-state index in [0.29, 0.717) is 36.1 Å². The van der Waals surface area contributed by atoms with Gasteiger partial charge in [0.25, 0.3) is 0 Å². The SMILES string of the molecule is O=C1NCC(c2cc([C@H]3C[C@@H]3c3ccc4c(c3)N(CC(F)(F)F)C(=O)C43CC3)c3ncc(F)n3n2)C(=O)N1. The van der Waals surface area contributed by atoms with Crippen LogP contribution in [0.3, 0.4) is 0 Å². The van der Waals surface area contributed by atoms with Gasteiger partial charge in [-0.05, 0) is 54.4 Å². The summed E-state index contributed by atoms with van der Waals surface area (Å²) in [5.74, 6) is -2.84.